The van der Waals surface area contributed by atoms with Gasteiger partial charge < -0.3 is 29.8 Å². The third-order valence-corrected chi connectivity index (χ3v) is 5.69. The summed E-state index contributed by atoms with van der Waals surface area (Å²) in [6.07, 6.45) is 6.97. The minimum absolute atomic E-state index is 0.0283. The van der Waals surface area contributed by atoms with Crippen molar-refractivity contribution in [3.8, 4) is 0 Å². The van der Waals surface area contributed by atoms with Crippen molar-refractivity contribution in [1.29, 1.82) is 0 Å². The van der Waals surface area contributed by atoms with Gasteiger partial charge in [-0.3, -0.25) is 19.4 Å². The summed E-state index contributed by atoms with van der Waals surface area (Å²) in [5.74, 6) is -1.14. The summed E-state index contributed by atoms with van der Waals surface area (Å²) in [6, 6.07) is 1.95. The first-order chi connectivity index (χ1) is 19.0. The van der Waals surface area contributed by atoms with Crippen molar-refractivity contribution >= 4 is 40.7 Å². The van der Waals surface area contributed by atoms with Crippen molar-refractivity contribution in [2.24, 2.45) is 0 Å². The van der Waals surface area contributed by atoms with Gasteiger partial charge in [0.1, 0.15) is 23.1 Å². The molecule has 0 aliphatic carbocycles. The van der Waals surface area contributed by atoms with Crippen LogP contribution in [0, 0.1) is 5.82 Å². The molecule has 0 aliphatic rings. The first-order valence-corrected chi connectivity index (χ1v) is 12.4. The summed E-state index contributed by atoms with van der Waals surface area (Å²) in [5, 5.41) is 4.99. The van der Waals surface area contributed by atoms with Gasteiger partial charge in [-0.05, 0) is 51.0 Å². The first-order valence-electron chi connectivity index (χ1n) is 12.4. The second-order valence-electron chi connectivity index (χ2n) is 9.37. The molecule has 0 radical (unpaired) electrons. The van der Waals surface area contributed by atoms with E-state index >= 15 is 0 Å². The number of rotatable bonds is 10. The molecule has 0 aliphatic heterocycles. The molecular formula is C27H32FN7O5. The van der Waals surface area contributed by atoms with E-state index in [0.29, 0.717) is 23.5 Å². The highest BCUT2D eigenvalue weighted by Crippen LogP contribution is 2.20. The zero-order valence-electron chi connectivity index (χ0n) is 22.9. The van der Waals surface area contributed by atoms with Gasteiger partial charge in [-0.25, -0.2) is 14.2 Å². The number of hydrogen-bond acceptors (Lipinski definition) is 7. The number of anilines is 1. The number of hydrogen-bond donors (Lipinski definition) is 3. The smallest absolute Gasteiger partial charge is 0.407 e. The molecule has 40 heavy (non-hydrogen) atoms. The highest BCUT2D eigenvalue weighted by Gasteiger charge is 2.22. The van der Waals surface area contributed by atoms with Crippen molar-refractivity contribution in [2.75, 3.05) is 26.5 Å². The predicted molar refractivity (Wildman–Crippen MR) is 148 cm³/mol. The molecule has 0 fully saturated rings. The normalized spacial score (nSPS) is 11.8. The average Bonchev–Trinajstić information content (AvgIpc) is 3.34. The van der Waals surface area contributed by atoms with Crippen LogP contribution in [-0.4, -0.2) is 69.6 Å². The van der Waals surface area contributed by atoms with Crippen LogP contribution in [0.2, 0.25) is 0 Å². The van der Waals surface area contributed by atoms with Gasteiger partial charge in [0.15, 0.2) is 5.82 Å². The van der Waals surface area contributed by atoms with Crippen LogP contribution in [0.3, 0.4) is 0 Å². The highest BCUT2D eigenvalue weighted by atomic mass is 19.1. The number of fused-ring (bicyclic) bond motifs is 1. The number of H-pyrrole nitrogens is 1. The van der Waals surface area contributed by atoms with Gasteiger partial charge in [-0.2, -0.15) is 0 Å². The Balaban J connectivity index is 1.80. The number of pyridine rings is 2. The Kier molecular flexibility index (Phi) is 9.90. The van der Waals surface area contributed by atoms with Gasteiger partial charge in [-0.1, -0.05) is 11.6 Å². The highest BCUT2D eigenvalue weighted by molar-refractivity contribution is 5.96. The van der Waals surface area contributed by atoms with E-state index in [-0.39, 0.29) is 30.1 Å². The third kappa shape index (κ3) is 7.62. The molecule has 0 bridgehead atoms. The molecule has 0 spiro atoms. The monoisotopic (exact) mass is 553 g/mol. The number of carbonyl (C=O) groups excluding carboxylic acids is 3. The summed E-state index contributed by atoms with van der Waals surface area (Å²) in [4.78, 5) is 62.5. The number of amides is 3. The number of alkyl carbamates (subject to hydrolysis) is 1. The van der Waals surface area contributed by atoms with E-state index in [2.05, 4.69) is 30.3 Å². The van der Waals surface area contributed by atoms with Crippen molar-refractivity contribution in [2.45, 2.75) is 39.3 Å². The number of allylic oxidation sites excluding steroid dienone is 2. The molecule has 0 aromatic carbocycles. The van der Waals surface area contributed by atoms with E-state index in [0.717, 1.165) is 11.8 Å². The Morgan fingerprint density at radius 1 is 1.27 bits per heavy atom. The molecule has 3 amide bonds. The lowest BCUT2D eigenvalue weighted by atomic mass is 10.1. The number of likely N-dealkylation sites (N-methyl/N-ethyl adjacent to an activating group) is 1. The number of halogens is 1. The van der Waals surface area contributed by atoms with Crippen molar-refractivity contribution in [3.63, 3.8) is 0 Å². The lowest BCUT2D eigenvalue weighted by Crippen LogP contribution is -2.44. The minimum atomic E-state index is -1.04. The number of imidazole rings is 1. The number of nitrogens with zero attached hydrogens (tertiary/aromatic N) is 4. The van der Waals surface area contributed by atoms with Gasteiger partial charge in [0.05, 0.1) is 31.1 Å². The zero-order chi connectivity index (χ0) is 29.4. The predicted octanol–water partition coefficient (Wildman–Crippen LogP) is 2.82. The van der Waals surface area contributed by atoms with Crippen LogP contribution < -0.4 is 16.2 Å². The maximum absolute atomic E-state index is 14.4. The third-order valence-electron chi connectivity index (χ3n) is 5.69. The van der Waals surface area contributed by atoms with Gasteiger partial charge >= 0.3 is 6.09 Å². The minimum Gasteiger partial charge on any atom is -0.453 e. The number of ether oxygens (including phenoxy) is 1. The molecular weight excluding hydrogens is 521 g/mol. The number of carbonyl (C=O) groups is 3. The van der Waals surface area contributed by atoms with Crippen LogP contribution in [0.4, 0.5) is 14.9 Å². The summed E-state index contributed by atoms with van der Waals surface area (Å²) < 4.78 is 20.3. The fourth-order valence-corrected chi connectivity index (χ4v) is 3.69. The van der Waals surface area contributed by atoms with Gasteiger partial charge in [0, 0.05) is 20.3 Å². The van der Waals surface area contributed by atoms with Crippen LogP contribution in [0.5, 0.6) is 0 Å². The number of aromatic nitrogens is 4. The van der Waals surface area contributed by atoms with Gasteiger partial charge in [0.25, 0.3) is 5.56 Å². The second kappa shape index (κ2) is 13.3. The average molecular weight is 554 g/mol. The van der Waals surface area contributed by atoms with E-state index < -0.39 is 29.4 Å². The maximum Gasteiger partial charge on any atom is 0.407 e. The lowest BCUT2D eigenvalue weighted by molar-refractivity contribution is -0.123. The fraction of sp³-hybridized carbons (Fsp3) is 0.333. The Bertz CT molecular complexity index is 1520. The van der Waals surface area contributed by atoms with E-state index in [1.165, 1.54) is 34.9 Å². The molecule has 212 valence electrons. The van der Waals surface area contributed by atoms with Crippen LogP contribution in [0.25, 0.3) is 17.1 Å². The molecule has 3 heterocycles. The molecule has 3 aromatic rings. The standard InChI is InChI=1S/C27H32FN7O5/c1-16(2)13-20-24-23(17(28)14-29-20)32-21(33-24)15-35-12-8-10-19(26(35)38)30-25(37)18(31-27(39)40-5)9-6-7-11-22(36)34(3)4/h7-8,10-14,18H,6,9,15H2,1-5H3,(H,30,37)(H,31,39)(H,32,33). The quantitative estimate of drug-likeness (QED) is 0.327. The lowest BCUT2D eigenvalue weighted by Gasteiger charge is -2.17. The van der Waals surface area contributed by atoms with Crippen LogP contribution in [0.15, 0.2) is 47.0 Å². The molecule has 0 saturated carbocycles. The Hall–Kier alpha value is -4.81. The summed E-state index contributed by atoms with van der Waals surface area (Å²) >= 11 is 0. The molecule has 12 nitrogen and oxygen atoms in total. The van der Waals surface area contributed by atoms with E-state index in [1.807, 2.05) is 13.8 Å². The SMILES string of the molecule is COC(=O)NC(CCC=CC(=O)N(C)C)C(=O)Nc1cccn(Cc2nc3c(F)cnc(C=C(C)C)c3[nH]2)c1=O. The second-order valence-corrected chi connectivity index (χ2v) is 9.37. The number of aromatic amines is 1. The largest absolute Gasteiger partial charge is 0.453 e. The molecule has 0 saturated heterocycles. The molecule has 1 unspecified atom stereocenters. The van der Waals surface area contributed by atoms with Crippen molar-refractivity contribution in [1.82, 2.24) is 29.7 Å². The maximum atomic E-state index is 14.4. The van der Waals surface area contributed by atoms with E-state index in [4.69, 9.17) is 0 Å². The van der Waals surface area contributed by atoms with Crippen LogP contribution in [-0.2, 0) is 20.9 Å². The number of methoxy groups -OCH3 is 1. The number of nitrogens with one attached hydrogen (secondary N) is 3. The van der Waals surface area contributed by atoms with Crippen LogP contribution >= 0.6 is 0 Å². The van der Waals surface area contributed by atoms with E-state index in [1.54, 1.807) is 32.3 Å². The molecule has 3 rings (SSSR count). The molecule has 3 aromatic heterocycles. The van der Waals surface area contributed by atoms with E-state index in [9.17, 15) is 23.6 Å². The van der Waals surface area contributed by atoms with Crippen molar-refractivity contribution in [3.05, 3.63) is 69.9 Å². The van der Waals surface area contributed by atoms with Gasteiger partial charge in [-0.15, -0.1) is 0 Å². The Labute approximate surface area is 229 Å². The topological polar surface area (TPSA) is 151 Å². The van der Waals surface area contributed by atoms with Crippen molar-refractivity contribution < 1.29 is 23.5 Å². The van der Waals surface area contributed by atoms with Gasteiger partial charge in [0.2, 0.25) is 11.8 Å². The summed E-state index contributed by atoms with van der Waals surface area (Å²) in [6.45, 7) is 3.75. The fourth-order valence-electron chi connectivity index (χ4n) is 3.69. The summed E-state index contributed by atoms with van der Waals surface area (Å²) in [7, 11) is 4.39. The van der Waals surface area contributed by atoms with Crippen LogP contribution in [0.1, 0.15) is 38.2 Å². The molecule has 1 atom stereocenters. The Morgan fingerprint density at radius 2 is 2.02 bits per heavy atom. The Morgan fingerprint density at radius 3 is 2.70 bits per heavy atom. The zero-order valence-corrected chi connectivity index (χ0v) is 22.9. The molecule has 3 N–H and O–H groups in total. The summed E-state index contributed by atoms with van der Waals surface area (Å²) in [5.41, 5.74) is 1.44. The first kappa shape index (κ1) is 29.7. The molecule has 13 heteroatoms.